The van der Waals surface area contributed by atoms with Crippen molar-refractivity contribution >= 4 is 17.9 Å². The van der Waals surface area contributed by atoms with E-state index in [-0.39, 0.29) is 12.2 Å². The fourth-order valence-electron chi connectivity index (χ4n) is 4.47. The molecule has 3 amide bonds. The summed E-state index contributed by atoms with van der Waals surface area (Å²) in [4.78, 5) is 39.6. The Hall–Kier alpha value is -3.12. The Kier molecular flexibility index (Phi) is 7.13. The van der Waals surface area contributed by atoms with Crippen LogP contribution >= 0.6 is 0 Å². The van der Waals surface area contributed by atoms with E-state index in [1.807, 2.05) is 13.8 Å². The summed E-state index contributed by atoms with van der Waals surface area (Å²) in [7, 11) is 0. The Morgan fingerprint density at radius 2 is 1.77 bits per heavy atom. The van der Waals surface area contributed by atoms with Crippen LogP contribution in [0.5, 0.6) is 0 Å². The minimum Gasteiger partial charge on any atom is -0.447 e. The lowest BCUT2D eigenvalue weighted by atomic mass is 9.84. The third-order valence-electron chi connectivity index (χ3n) is 5.66. The van der Waals surface area contributed by atoms with Crippen LogP contribution in [0.15, 0.2) is 24.3 Å². The summed E-state index contributed by atoms with van der Waals surface area (Å²) in [5.41, 5.74) is 6.45. The number of benzene rings is 1. The molecule has 3 atom stereocenters. The van der Waals surface area contributed by atoms with Crippen molar-refractivity contribution < 1.29 is 19.1 Å². The number of nitrogens with two attached hydrogens (primary N) is 1. The number of nitrogens with one attached hydrogen (secondary N) is 1. The lowest BCUT2D eigenvalue weighted by Gasteiger charge is -2.46. The molecule has 1 aromatic carbocycles. The highest BCUT2D eigenvalue weighted by Gasteiger charge is 2.37. The summed E-state index contributed by atoms with van der Waals surface area (Å²) >= 11 is 0. The first-order chi connectivity index (χ1) is 14.7. The van der Waals surface area contributed by atoms with Crippen LogP contribution in [0.4, 0.5) is 4.79 Å². The van der Waals surface area contributed by atoms with Gasteiger partial charge in [-0.05, 0) is 49.8 Å². The highest BCUT2D eigenvalue weighted by Crippen LogP contribution is 2.30. The molecule has 0 aromatic heterocycles. The average molecular weight is 428 g/mol. The van der Waals surface area contributed by atoms with Crippen LogP contribution < -0.4 is 11.1 Å². The van der Waals surface area contributed by atoms with E-state index in [0.29, 0.717) is 37.0 Å². The van der Waals surface area contributed by atoms with Gasteiger partial charge in [-0.2, -0.15) is 5.26 Å². The van der Waals surface area contributed by atoms with Gasteiger partial charge in [-0.3, -0.25) is 9.59 Å². The van der Waals surface area contributed by atoms with Gasteiger partial charge in [0.1, 0.15) is 0 Å². The van der Waals surface area contributed by atoms with E-state index >= 15 is 0 Å². The Morgan fingerprint density at radius 3 is 2.29 bits per heavy atom. The number of carbonyl (C=O) groups excluding carboxylic acids is 3. The molecular formula is C22H29N5O4. The van der Waals surface area contributed by atoms with Crippen molar-refractivity contribution in [2.24, 2.45) is 17.6 Å². The third-order valence-corrected chi connectivity index (χ3v) is 5.66. The van der Waals surface area contributed by atoms with Crippen molar-refractivity contribution in [3.05, 3.63) is 35.4 Å². The van der Waals surface area contributed by atoms with Crippen molar-refractivity contribution in [2.45, 2.75) is 32.4 Å². The second-order valence-corrected chi connectivity index (χ2v) is 8.65. The summed E-state index contributed by atoms with van der Waals surface area (Å²) in [6, 6.07) is 8.55. The summed E-state index contributed by atoms with van der Waals surface area (Å²) in [5.74, 6) is -1.23. The molecular weight excluding hydrogens is 398 g/mol. The Labute approximate surface area is 182 Å². The third kappa shape index (κ3) is 5.95. The maximum Gasteiger partial charge on any atom is 0.410 e. The van der Waals surface area contributed by atoms with Crippen molar-refractivity contribution in [1.82, 2.24) is 15.1 Å². The number of hydrogen-bond acceptors (Lipinski definition) is 6. The molecule has 0 saturated carbocycles. The highest BCUT2D eigenvalue weighted by molar-refractivity contribution is 6.34. The number of carbonyl (C=O) groups is 3. The number of piperidine rings is 2. The molecule has 1 aromatic rings. The van der Waals surface area contributed by atoms with E-state index in [9.17, 15) is 14.4 Å². The lowest BCUT2D eigenvalue weighted by molar-refractivity contribution is -0.137. The van der Waals surface area contributed by atoms with Gasteiger partial charge in [0.25, 0.3) is 0 Å². The average Bonchev–Trinajstić information content (AvgIpc) is 2.72. The van der Waals surface area contributed by atoms with Crippen molar-refractivity contribution in [3.8, 4) is 6.07 Å². The molecule has 3 unspecified atom stereocenters. The first-order valence-corrected chi connectivity index (χ1v) is 10.5. The van der Waals surface area contributed by atoms with E-state index in [0.717, 1.165) is 25.1 Å². The predicted molar refractivity (Wildman–Crippen MR) is 112 cm³/mol. The molecule has 31 heavy (non-hydrogen) atoms. The van der Waals surface area contributed by atoms with E-state index < -0.39 is 17.9 Å². The van der Waals surface area contributed by atoms with Gasteiger partial charge in [0, 0.05) is 32.7 Å². The Bertz CT molecular complexity index is 850. The second-order valence-electron chi connectivity index (χ2n) is 8.65. The molecule has 9 heteroatoms. The summed E-state index contributed by atoms with van der Waals surface area (Å²) < 4.78 is 5.35. The first-order valence-electron chi connectivity index (χ1n) is 10.5. The van der Waals surface area contributed by atoms with Gasteiger partial charge in [0.05, 0.1) is 23.8 Å². The first kappa shape index (κ1) is 22.6. The van der Waals surface area contributed by atoms with Crippen LogP contribution in [0.25, 0.3) is 0 Å². The van der Waals surface area contributed by atoms with E-state index in [4.69, 9.17) is 15.7 Å². The second kappa shape index (κ2) is 9.79. The number of ether oxygens (including phenoxy) is 1. The number of amides is 3. The minimum atomic E-state index is -1.03. The quantitative estimate of drug-likeness (QED) is 0.675. The zero-order valence-corrected chi connectivity index (χ0v) is 17.9. The van der Waals surface area contributed by atoms with Gasteiger partial charge in [0.15, 0.2) is 0 Å². The van der Waals surface area contributed by atoms with Crippen LogP contribution in [0.2, 0.25) is 0 Å². The summed E-state index contributed by atoms with van der Waals surface area (Å²) in [6.45, 7) is 7.04. The molecule has 3 rings (SSSR count). The molecule has 0 radical (unpaired) electrons. The van der Waals surface area contributed by atoms with E-state index in [2.05, 4.69) is 16.3 Å². The summed E-state index contributed by atoms with van der Waals surface area (Å²) in [6.07, 6.45) is 0.645. The zero-order valence-electron chi connectivity index (χ0n) is 17.9. The van der Waals surface area contributed by atoms with Crippen LogP contribution in [0, 0.1) is 23.2 Å². The molecule has 3 N–H and O–H groups in total. The molecule has 2 bridgehead atoms. The Morgan fingerprint density at radius 1 is 1.16 bits per heavy atom. The fourth-order valence-corrected chi connectivity index (χ4v) is 4.47. The van der Waals surface area contributed by atoms with Gasteiger partial charge in [-0.25, -0.2) is 4.79 Å². The molecule has 2 saturated heterocycles. The van der Waals surface area contributed by atoms with Crippen LogP contribution in [0.3, 0.4) is 0 Å². The van der Waals surface area contributed by atoms with Gasteiger partial charge in [0.2, 0.25) is 0 Å². The van der Waals surface area contributed by atoms with Crippen LogP contribution in [-0.4, -0.2) is 66.5 Å². The number of hydrogen-bond donors (Lipinski definition) is 2. The molecule has 9 nitrogen and oxygen atoms in total. The van der Waals surface area contributed by atoms with Crippen LogP contribution in [-0.2, 0) is 14.3 Å². The minimum absolute atomic E-state index is 0.146. The lowest BCUT2D eigenvalue weighted by Crippen LogP contribution is -2.55. The van der Waals surface area contributed by atoms with Gasteiger partial charge in [-0.15, -0.1) is 0 Å². The topological polar surface area (TPSA) is 129 Å². The van der Waals surface area contributed by atoms with E-state index in [1.54, 1.807) is 29.2 Å². The normalized spacial score (nSPS) is 21.8. The van der Waals surface area contributed by atoms with Gasteiger partial charge in [-0.1, -0.05) is 12.1 Å². The number of nitriles is 1. The molecule has 2 fully saturated rings. The van der Waals surface area contributed by atoms with Crippen molar-refractivity contribution in [3.63, 3.8) is 0 Å². The number of rotatable bonds is 5. The molecule has 2 aliphatic rings. The predicted octanol–water partition coefficient (Wildman–Crippen LogP) is 1.000. The smallest absolute Gasteiger partial charge is 0.410 e. The Balaban J connectivity index is 1.68. The monoisotopic (exact) mass is 427 g/mol. The molecule has 2 heterocycles. The SMILES string of the molecule is CC(C)OC(=O)N1CC2CC(CN(CC(NC(=O)C(N)=O)c3ccc(C#N)cc3)C2)C1. The standard InChI is InChI=1S/C22H29N5O4/c1-14(2)31-22(30)27-11-16-7-17(12-27)10-26(9-16)13-19(25-21(29)20(24)28)18-5-3-15(8-23)4-6-18/h3-6,14,16-17,19H,7,9-13H2,1-2H3,(H2,24,28)(H,25,29). The fraction of sp³-hybridized carbons (Fsp3) is 0.545. The maximum absolute atomic E-state index is 12.3. The van der Waals surface area contributed by atoms with Gasteiger partial charge >= 0.3 is 17.9 Å². The molecule has 166 valence electrons. The van der Waals surface area contributed by atoms with Crippen molar-refractivity contribution in [2.75, 3.05) is 32.7 Å². The number of nitrogens with zero attached hydrogens (tertiary/aromatic N) is 3. The molecule has 0 spiro atoms. The zero-order chi connectivity index (χ0) is 22.5. The highest BCUT2D eigenvalue weighted by atomic mass is 16.6. The number of primary amides is 1. The number of likely N-dealkylation sites (tertiary alicyclic amines) is 2. The van der Waals surface area contributed by atoms with Crippen molar-refractivity contribution in [1.29, 1.82) is 5.26 Å². The maximum atomic E-state index is 12.3. The van der Waals surface area contributed by atoms with Crippen LogP contribution in [0.1, 0.15) is 37.4 Å². The molecule has 0 aliphatic carbocycles. The summed E-state index contributed by atoms with van der Waals surface area (Å²) in [5, 5.41) is 11.7. The largest absolute Gasteiger partial charge is 0.447 e. The van der Waals surface area contributed by atoms with E-state index in [1.165, 1.54) is 0 Å². The van der Waals surface area contributed by atoms with Gasteiger partial charge < -0.3 is 25.6 Å². The number of fused-ring (bicyclic) bond motifs is 2. The molecule has 2 aliphatic heterocycles.